The van der Waals surface area contributed by atoms with E-state index in [0.29, 0.717) is 0 Å². The van der Waals surface area contributed by atoms with Gasteiger partial charge in [-0.15, -0.1) is 11.3 Å². The number of hydrogen-bond acceptors (Lipinski definition) is 4. The highest BCUT2D eigenvalue weighted by Gasteiger charge is 2.18. The molecule has 0 amide bonds. The first-order valence-corrected chi connectivity index (χ1v) is 6.82. The number of thiophene rings is 1. The first-order chi connectivity index (χ1) is 8.90. The molecule has 0 aromatic carbocycles. The van der Waals surface area contributed by atoms with Gasteiger partial charge in [0.1, 0.15) is 0 Å². The molecule has 0 aliphatic heterocycles. The van der Waals surface area contributed by atoms with Crippen LogP contribution in [0.1, 0.15) is 23.4 Å². The minimum atomic E-state index is 0.191. The molecule has 1 atom stereocenters. The third kappa shape index (κ3) is 1.91. The second-order valence-corrected chi connectivity index (χ2v) is 4.99. The first-order valence-electron chi connectivity index (χ1n) is 5.94. The van der Waals surface area contributed by atoms with Crippen molar-refractivity contribution in [3.05, 3.63) is 52.7 Å². The fourth-order valence-electron chi connectivity index (χ4n) is 2.10. The Balaban J connectivity index is 2.10. The first kappa shape index (κ1) is 11.4. The zero-order chi connectivity index (χ0) is 12.4. The third-order valence-corrected chi connectivity index (χ3v) is 3.84. The van der Waals surface area contributed by atoms with Gasteiger partial charge in [0.15, 0.2) is 0 Å². The monoisotopic (exact) mass is 258 g/mol. The molecule has 4 nitrogen and oxygen atoms in total. The third-order valence-electron chi connectivity index (χ3n) is 2.90. The molecule has 0 fully saturated rings. The van der Waals surface area contributed by atoms with Crippen molar-refractivity contribution in [2.75, 3.05) is 6.54 Å². The van der Waals surface area contributed by atoms with Gasteiger partial charge in [0.05, 0.1) is 24.0 Å². The van der Waals surface area contributed by atoms with E-state index in [1.54, 1.807) is 17.5 Å². The van der Waals surface area contributed by atoms with Gasteiger partial charge in [0, 0.05) is 22.8 Å². The number of nitrogens with one attached hydrogen (secondary N) is 1. The minimum absolute atomic E-state index is 0.191. The zero-order valence-corrected chi connectivity index (χ0v) is 10.9. The zero-order valence-electron chi connectivity index (χ0n) is 10.1. The van der Waals surface area contributed by atoms with Gasteiger partial charge < -0.3 is 5.32 Å². The standard InChI is InChI=1S/C13H14N4S/c1-2-15-13(12-4-3-7-18-12)10-8-16-17-6-5-14-9-11(10)17/h3-9,13,15H,2H2,1H3. The van der Waals surface area contributed by atoms with E-state index in [2.05, 4.69) is 39.8 Å². The van der Waals surface area contributed by atoms with Crippen LogP contribution in [0, 0.1) is 0 Å². The summed E-state index contributed by atoms with van der Waals surface area (Å²) in [4.78, 5) is 5.49. The van der Waals surface area contributed by atoms with E-state index < -0.39 is 0 Å². The summed E-state index contributed by atoms with van der Waals surface area (Å²) < 4.78 is 1.86. The summed E-state index contributed by atoms with van der Waals surface area (Å²) in [6.07, 6.45) is 7.40. The van der Waals surface area contributed by atoms with Crippen LogP contribution in [0.5, 0.6) is 0 Å². The summed E-state index contributed by atoms with van der Waals surface area (Å²) >= 11 is 1.76. The normalized spacial score (nSPS) is 12.9. The van der Waals surface area contributed by atoms with Gasteiger partial charge in [-0.2, -0.15) is 5.10 Å². The van der Waals surface area contributed by atoms with Crippen LogP contribution in [0.15, 0.2) is 42.3 Å². The van der Waals surface area contributed by atoms with E-state index in [0.717, 1.165) is 12.1 Å². The van der Waals surface area contributed by atoms with Crippen molar-refractivity contribution in [1.29, 1.82) is 0 Å². The highest BCUT2D eigenvalue weighted by Crippen LogP contribution is 2.28. The Bertz CT molecular complexity index is 629. The van der Waals surface area contributed by atoms with Crippen LogP contribution in [0.4, 0.5) is 0 Å². The van der Waals surface area contributed by atoms with Gasteiger partial charge in [0.2, 0.25) is 0 Å². The van der Waals surface area contributed by atoms with Crippen molar-refractivity contribution >= 4 is 16.9 Å². The molecule has 92 valence electrons. The van der Waals surface area contributed by atoms with Crippen molar-refractivity contribution in [1.82, 2.24) is 19.9 Å². The second-order valence-electron chi connectivity index (χ2n) is 4.01. The summed E-state index contributed by atoms with van der Waals surface area (Å²) in [7, 11) is 0. The maximum absolute atomic E-state index is 4.37. The van der Waals surface area contributed by atoms with Crippen molar-refractivity contribution in [2.24, 2.45) is 0 Å². The Morgan fingerprint density at radius 3 is 3.17 bits per heavy atom. The Morgan fingerprint density at radius 2 is 2.39 bits per heavy atom. The number of fused-ring (bicyclic) bond motifs is 1. The number of rotatable bonds is 4. The van der Waals surface area contributed by atoms with E-state index in [1.807, 2.05) is 23.1 Å². The van der Waals surface area contributed by atoms with Crippen LogP contribution in [0.3, 0.4) is 0 Å². The summed E-state index contributed by atoms with van der Waals surface area (Å²) in [5.74, 6) is 0. The van der Waals surface area contributed by atoms with E-state index in [9.17, 15) is 0 Å². The van der Waals surface area contributed by atoms with Crippen LogP contribution in [-0.4, -0.2) is 21.1 Å². The smallest absolute Gasteiger partial charge is 0.0896 e. The van der Waals surface area contributed by atoms with E-state index in [-0.39, 0.29) is 6.04 Å². The average Bonchev–Trinajstić information content (AvgIpc) is 3.06. The molecule has 3 aromatic heterocycles. The number of hydrogen-bond donors (Lipinski definition) is 1. The summed E-state index contributed by atoms with van der Waals surface area (Å²) in [6, 6.07) is 4.42. The lowest BCUT2D eigenvalue weighted by molar-refractivity contribution is 0.643. The molecule has 3 rings (SSSR count). The molecule has 18 heavy (non-hydrogen) atoms. The lowest BCUT2D eigenvalue weighted by Crippen LogP contribution is -2.20. The van der Waals surface area contributed by atoms with Crippen LogP contribution in [-0.2, 0) is 0 Å². The largest absolute Gasteiger partial charge is 0.306 e. The second kappa shape index (κ2) is 4.88. The molecular weight excluding hydrogens is 244 g/mol. The van der Waals surface area contributed by atoms with Gasteiger partial charge in [0.25, 0.3) is 0 Å². The van der Waals surface area contributed by atoms with Crippen molar-refractivity contribution in [2.45, 2.75) is 13.0 Å². The van der Waals surface area contributed by atoms with Gasteiger partial charge in [-0.1, -0.05) is 13.0 Å². The molecule has 0 bridgehead atoms. The number of nitrogens with zero attached hydrogens (tertiary/aromatic N) is 3. The predicted molar refractivity (Wildman–Crippen MR) is 72.8 cm³/mol. The molecule has 3 aromatic rings. The van der Waals surface area contributed by atoms with E-state index >= 15 is 0 Å². The van der Waals surface area contributed by atoms with E-state index in [1.165, 1.54) is 10.4 Å². The highest BCUT2D eigenvalue weighted by molar-refractivity contribution is 7.10. The molecule has 0 saturated carbocycles. The molecular formula is C13H14N4S. The molecule has 0 aliphatic rings. The molecule has 0 radical (unpaired) electrons. The quantitative estimate of drug-likeness (QED) is 0.781. The van der Waals surface area contributed by atoms with Gasteiger partial charge >= 0.3 is 0 Å². The Labute approximate surface area is 109 Å². The van der Waals surface area contributed by atoms with E-state index in [4.69, 9.17) is 0 Å². The average molecular weight is 258 g/mol. The summed E-state index contributed by atoms with van der Waals surface area (Å²) in [6.45, 7) is 3.03. The van der Waals surface area contributed by atoms with Crippen LogP contribution in [0.25, 0.3) is 5.52 Å². The van der Waals surface area contributed by atoms with Crippen LogP contribution in [0.2, 0.25) is 0 Å². The summed E-state index contributed by atoms with van der Waals surface area (Å²) in [5.41, 5.74) is 2.23. The fraction of sp³-hybridized carbons (Fsp3) is 0.231. The van der Waals surface area contributed by atoms with Crippen molar-refractivity contribution in [3.63, 3.8) is 0 Å². The Kier molecular flexibility index (Phi) is 3.08. The van der Waals surface area contributed by atoms with Crippen LogP contribution >= 0.6 is 11.3 Å². The lowest BCUT2D eigenvalue weighted by atomic mass is 10.1. The molecule has 0 saturated heterocycles. The lowest BCUT2D eigenvalue weighted by Gasteiger charge is -2.15. The topological polar surface area (TPSA) is 42.2 Å². The molecule has 3 heterocycles. The molecule has 1 unspecified atom stereocenters. The summed E-state index contributed by atoms with van der Waals surface area (Å²) in [5, 5.41) is 9.98. The molecule has 0 aliphatic carbocycles. The number of aromatic nitrogens is 3. The highest BCUT2D eigenvalue weighted by atomic mass is 32.1. The Morgan fingerprint density at radius 1 is 1.44 bits per heavy atom. The van der Waals surface area contributed by atoms with Gasteiger partial charge in [-0.3, -0.25) is 4.98 Å². The minimum Gasteiger partial charge on any atom is -0.306 e. The maximum Gasteiger partial charge on any atom is 0.0896 e. The maximum atomic E-state index is 4.37. The van der Waals surface area contributed by atoms with Gasteiger partial charge in [-0.25, -0.2) is 4.52 Å². The van der Waals surface area contributed by atoms with Crippen molar-refractivity contribution < 1.29 is 0 Å². The SMILES string of the molecule is CCNC(c1cccs1)c1cnn2ccncc12. The molecule has 0 spiro atoms. The fourth-order valence-corrected chi connectivity index (χ4v) is 2.92. The van der Waals surface area contributed by atoms with Crippen molar-refractivity contribution in [3.8, 4) is 0 Å². The Hall–Kier alpha value is -1.72. The predicted octanol–water partition coefficient (Wildman–Crippen LogP) is 2.49. The van der Waals surface area contributed by atoms with Crippen LogP contribution < -0.4 is 5.32 Å². The van der Waals surface area contributed by atoms with Gasteiger partial charge in [-0.05, 0) is 18.0 Å². The molecule has 1 N–H and O–H groups in total. The molecule has 5 heteroatoms.